The summed E-state index contributed by atoms with van der Waals surface area (Å²) in [4.78, 5) is 13.2. The Balaban J connectivity index is 2.08. The lowest BCUT2D eigenvalue weighted by atomic mass is 10.0. The molecule has 0 amide bonds. The van der Waals surface area contributed by atoms with Crippen LogP contribution in [0, 0.1) is 6.92 Å². The molecule has 0 saturated carbocycles. The number of aromatic nitrogens is 2. The fraction of sp³-hybridized carbons (Fsp3) is 0.692. The van der Waals surface area contributed by atoms with E-state index < -0.39 is 0 Å². The Labute approximate surface area is 114 Å². The summed E-state index contributed by atoms with van der Waals surface area (Å²) in [6.07, 6.45) is 1.54. The van der Waals surface area contributed by atoms with E-state index in [1.54, 1.807) is 6.33 Å². The summed E-state index contributed by atoms with van der Waals surface area (Å²) in [5.74, 6) is 0.976. The van der Waals surface area contributed by atoms with Gasteiger partial charge in [0.1, 0.15) is 17.3 Å². The second-order valence-electron chi connectivity index (χ2n) is 5.76. The molecule has 1 aromatic rings. The van der Waals surface area contributed by atoms with Gasteiger partial charge in [-0.1, -0.05) is 11.6 Å². The van der Waals surface area contributed by atoms with E-state index in [2.05, 4.69) is 40.5 Å². The zero-order valence-electron chi connectivity index (χ0n) is 11.6. The van der Waals surface area contributed by atoms with Crippen LogP contribution < -0.4 is 4.90 Å². The summed E-state index contributed by atoms with van der Waals surface area (Å²) < 4.78 is 0. The van der Waals surface area contributed by atoms with Crippen molar-refractivity contribution in [2.45, 2.75) is 33.2 Å². The van der Waals surface area contributed by atoms with Gasteiger partial charge in [-0.05, 0) is 27.7 Å². The van der Waals surface area contributed by atoms with Crippen molar-refractivity contribution in [2.24, 2.45) is 0 Å². The van der Waals surface area contributed by atoms with E-state index in [1.165, 1.54) is 0 Å². The number of halogens is 1. The fourth-order valence-electron chi connectivity index (χ4n) is 2.33. The monoisotopic (exact) mass is 268 g/mol. The predicted molar refractivity (Wildman–Crippen MR) is 75.3 cm³/mol. The zero-order valence-corrected chi connectivity index (χ0v) is 12.3. The van der Waals surface area contributed by atoms with Crippen LogP contribution >= 0.6 is 11.6 Å². The maximum absolute atomic E-state index is 6.05. The molecule has 1 fully saturated rings. The van der Waals surface area contributed by atoms with Crippen LogP contribution in [0.2, 0.25) is 5.15 Å². The maximum atomic E-state index is 6.05. The molecule has 5 heteroatoms. The third-order valence-corrected chi connectivity index (χ3v) is 3.90. The first-order valence-electron chi connectivity index (χ1n) is 6.36. The average Bonchev–Trinajstić information content (AvgIpc) is 2.32. The number of hydrogen-bond acceptors (Lipinski definition) is 4. The quantitative estimate of drug-likeness (QED) is 0.732. The molecule has 1 aromatic heterocycles. The van der Waals surface area contributed by atoms with Crippen LogP contribution in [0.25, 0.3) is 0 Å². The van der Waals surface area contributed by atoms with Crippen LogP contribution in [0.1, 0.15) is 26.3 Å². The Kier molecular flexibility index (Phi) is 3.78. The number of piperazine rings is 1. The largest absolute Gasteiger partial charge is 0.354 e. The lowest BCUT2D eigenvalue weighted by Gasteiger charge is -2.42. The molecular formula is C13H21ClN4. The topological polar surface area (TPSA) is 32.3 Å². The van der Waals surface area contributed by atoms with Gasteiger partial charge in [0.25, 0.3) is 0 Å². The third-order valence-electron chi connectivity index (χ3n) is 3.52. The number of rotatable bonds is 1. The minimum atomic E-state index is 0.241. The molecule has 0 bridgehead atoms. The first kappa shape index (κ1) is 13.6. The SMILES string of the molecule is Cc1c(Cl)ncnc1N1CCN(C(C)(C)C)CC1. The molecule has 4 nitrogen and oxygen atoms in total. The van der Waals surface area contributed by atoms with Crippen molar-refractivity contribution in [1.29, 1.82) is 0 Å². The molecule has 0 unspecified atom stereocenters. The van der Waals surface area contributed by atoms with Gasteiger partial charge in [-0.2, -0.15) is 0 Å². The second-order valence-corrected chi connectivity index (χ2v) is 6.12. The van der Waals surface area contributed by atoms with Crippen molar-refractivity contribution in [2.75, 3.05) is 31.1 Å². The Hall–Kier alpha value is -0.870. The summed E-state index contributed by atoms with van der Waals surface area (Å²) in [6, 6.07) is 0. The summed E-state index contributed by atoms with van der Waals surface area (Å²) in [5.41, 5.74) is 1.22. The predicted octanol–water partition coefficient (Wildman–Crippen LogP) is 2.36. The molecule has 1 saturated heterocycles. The average molecular weight is 269 g/mol. The van der Waals surface area contributed by atoms with Gasteiger partial charge in [0.15, 0.2) is 0 Å². The number of nitrogens with zero attached hydrogens (tertiary/aromatic N) is 4. The molecule has 0 atom stereocenters. The lowest BCUT2D eigenvalue weighted by molar-refractivity contribution is 0.128. The molecule has 1 aliphatic heterocycles. The Morgan fingerprint density at radius 3 is 2.28 bits per heavy atom. The van der Waals surface area contributed by atoms with Gasteiger partial charge in [-0.15, -0.1) is 0 Å². The second kappa shape index (κ2) is 5.02. The highest BCUT2D eigenvalue weighted by molar-refractivity contribution is 6.30. The van der Waals surface area contributed by atoms with Crippen molar-refractivity contribution < 1.29 is 0 Å². The minimum Gasteiger partial charge on any atom is -0.354 e. The van der Waals surface area contributed by atoms with Gasteiger partial charge in [-0.3, -0.25) is 4.90 Å². The van der Waals surface area contributed by atoms with Crippen molar-refractivity contribution in [3.63, 3.8) is 0 Å². The van der Waals surface area contributed by atoms with Gasteiger partial charge in [0.2, 0.25) is 0 Å². The molecule has 2 rings (SSSR count). The normalized spacial score (nSPS) is 18.2. The van der Waals surface area contributed by atoms with Gasteiger partial charge in [0.05, 0.1) is 0 Å². The van der Waals surface area contributed by atoms with Gasteiger partial charge in [-0.25, -0.2) is 9.97 Å². The zero-order chi connectivity index (χ0) is 13.3. The van der Waals surface area contributed by atoms with E-state index in [1.807, 2.05) is 6.92 Å². The lowest BCUT2D eigenvalue weighted by Crippen LogP contribution is -2.53. The van der Waals surface area contributed by atoms with E-state index in [9.17, 15) is 0 Å². The molecule has 0 aliphatic carbocycles. The smallest absolute Gasteiger partial charge is 0.137 e. The number of hydrogen-bond donors (Lipinski definition) is 0. The van der Waals surface area contributed by atoms with Crippen molar-refractivity contribution in [3.8, 4) is 0 Å². The fourth-order valence-corrected chi connectivity index (χ4v) is 2.46. The van der Waals surface area contributed by atoms with E-state index in [4.69, 9.17) is 11.6 Å². The highest BCUT2D eigenvalue weighted by Crippen LogP contribution is 2.24. The van der Waals surface area contributed by atoms with Crippen LogP contribution in [-0.2, 0) is 0 Å². The maximum Gasteiger partial charge on any atom is 0.137 e. The van der Waals surface area contributed by atoms with E-state index in [-0.39, 0.29) is 5.54 Å². The van der Waals surface area contributed by atoms with E-state index in [0.29, 0.717) is 5.15 Å². The molecule has 0 N–H and O–H groups in total. The van der Waals surface area contributed by atoms with Crippen LogP contribution in [0.3, 0.4) is 0 Å². The van der Waals surface area contributed by atoms with Crippen LogP contribution in [-0.4, -0.2) is 46.6 Å². The molecule has 2 heterocycles. The number of anilines is 1. The Morgan fingerprint density at radius 1 is 1.11 bits per heavy atom. The van der Waals surface area contributed by atoms with E-state index >= 15 is 0 Å². The van der Waals surface area contributed by atoms with Gasteiger partial charge in [0, 0.05) is 37.3 Å². The Morgan fingerprint density at radius 2 is 1.72 bits per heavy atom. The van der Waals surface area contributed by atoms with Crippen LogP contribution in [0.5, 0.6) is 0 Å². The van der Waals surface area contributed by atoms with Crippen molar-refractivity contribution in [1.82, 2.24) is 14.9 Å². The van der Waals surface area contributed by atoms with Gasteiger partial charge >= 0.3 is 0 Å². The molecule has 0 aromatic carbocycles. The first-order chi connectivity index (χ1) is 8.39. The summed E-state index contributed by atoms with van der Waals surface area (Å²) in [5, 5.41) is 0.554. The van der Waals surface area contributed by atoms with Crippen LogP contribution in [0.15, 0.2) is 6.33 Å². The molecular weight excluding hydrogens is 248 g/mol. The molecule has 100 valence electrons. The summed E-state index contributed by atoms with van der Waals surface area (Å²) in [7, 11) is 0. The molecule has 0 radical (unpaired) electrons. The first-order valence-corrected chi connectivity index (χ1v) is 6.74. The van der Waals surface area contributed by atoms with Crippen molar-refractivity contribution in [3.05, 3.63) is 17.0 Å². The molecule has 18 heavy (non-hydrogen) atoms. The highest BCUT2D eigenvalue weighted by atomic mass is 35.5. The molecule has 0 spiro atoms. The van der Waals surface area contributed by atoms with Gasteiger partial charge < -0.3 is 4.90 Å². The Bertz CT molecular complexity index is 419. The minimum absolute atomic E-state index is 0.241. The molecule has 1 aliphatic rings. The third kappa shape index (κ3) is 2.75. The summed E-state index contributed by atoms with van der Waals surface area (Å²) in [6.45, 7) is 12.9. The van der Waals surface area contributed by atoms with E-state index in [0.717, 1.165) is 37.6 Å². The standard InChI is InChI=1S/C13H21ClN4/c1-10-11(14)15-9-16-12(10)17-5-7-18(8-6-17)13(2,3)4/h9H,5-8H2,1-4H3. The summed E-state index contributed by atoms with van der Waals surface area (Å²) >= 11 is 6.05. The van der Waals surface area contributed by atoms with Crippen molar-refractivity contribution >= 4 is 17.4 Å². The highest BCUT2D eigenvalue weighted by Gasteiger charge is 2.27. The van der Waals surface area contributed by atoms with Crippen LogP contribution in [0.4, 0.5) is 5.82 Å².